The summed E-state index contributed by atoms with van der Waals surface area (Å²) in [6.07, 6.45) is 3.01. The molecule has 0 fully saturated rings. The zero-order chi connectivity index (χ0) is 18.4. The largest absolute Gasteiger partial charge is 0.340 e. The predicted octanol–water partition coefficient (Wildman–Crippen LogP) is 3.24. The number of anilines is 2. The molecule has 128 valence electrons. The molecule has 6 heteroatoms. The summed E-state index contributed by atoms with van der Waals surface area (Å²) < 4.78 is 0. The number of benzene rings is 2. The maximum Gasteiger partial charge on any atom is 0.258 e. The lowest BCUT2D eigenvalue weighted by Gasteiger charge is -2.17. The molecule has 0 saturated carbocycles. The Morgan fingerprint density at radius 2 is 1.73 bits per heavy atom. The molecule has 26 heavy (non-hydrogen) atoms. The molecule has 1 N–H and O–H groups in total. The summed E-state index contributed by atoms with van der Waals surface area (Å²) >= 11 is 0. The van der Waals surface area contributed by atoms with Gasteiger partial charge in [-0.2, -0.15) is 5.26 Å². The van der Waals surface area contributed by atoms with E-state index in [1.165, 1.54) is 12.4 Å². The van der Waals surface area contributed by atoms with Crippen molar-refractivity contribution in [3.8, 4) is 6.07 Å². The Morgan fingerprint density at radius 1 is 1.08 bits per heavy atom. The van der Waals surface area contributed by atoms with E-state index in [1.54, 1.807) is 24.3 Å². The van der Waals surface area contributed by atoms with Crippen LogP contribution in [-0.4, -0.2) is 22.9 Å². The van der Waals surface area contributed by atoms with Gasteiger partial charge in [-0.3, -0.25) is 4.79 Å². The summed E-state index contributed by atoms with van der Waals surface area (Å²) in [7, 11) is 1.90. The number of aromatic nitrogens is 2. The van der Waals surface area contributed by atoms with Gasteiger partial charge in [0.15, 0.2) is 0 Å². The highest BCUT2D eigenvalue weighted by atomic mass is 16.1. The molecular weight excluding hydrogens is 326 g/mol. The molecule has 0 aliphatic carbocycles. The fourth-order valence-electron chi connectivity index (χ4n) is 2.39. The van der Waals surface area contributed by atoms with E-state index in [0.29, 0.717) is 29.3 Å². The van der Waals surface area contributed by atoms with Crippen molar-refractivity contribution in [3.63, 3.8) is 0 Å². The Hall–Kier alpha value is -3.72. The molecule has 0 bridgehead atoms. The Kier molecular flexibility index (Phi) is 5.20. The molecule has 3 aromatic rings. The average Bonchev–Trinajstić information content (AvgIpc) is 2.69. The number of nitrogens with zero attached hydrogens (tertiary/aromatic N) is 4. The van der Waals surface area contributed by atoms with Gasteiger partial charge >= 0.3 is 0 Å². The van der Waals surface area contributed by atoms with Gasteiger partial charge in [0, 0.05) is 31.7 Å². The number of nitrogens with one attached hydrogen (secondary N) is 1. The van der Waals surface area contributed by atoms with Crippen molar-refractivity contribution < 1.29 is 4.79 Å². The van der Waals surface area contributed by atoms with Crippen molar-refractivity contribution in [3.05, 3.63) is 83.7 Å². The summed E-state index contributed by atoms with van der Waals surface area (Å²) in [5.41, 5.74) is 2.67. The number of amides is 1. The summed E-state index contributed by atoms with van der Waals surface area (Å²) in [4.78, 5) is 22.7. The van der Waals surface area contributed by atoms with Gasteiger partial charge < -0.3 is 10.2 Å². The van der Waals surface area contributed by atoms with Gasteiger partial charge in [0.05, 0.1) is 17.2 Å². The van der Waals surface area contributed by atoms with Crippen molar-refractivity contribution in [2.24, 2.45) is 0 Å². The lowest BCUT2D eigenvalue weighted by atomic mass is 10.2. The first-order chi connectivity index (χ1) is 12.7. The molecule has 1 aromatic heterocycles. The molecule has 0 radical (unpaired) electrons. The maximum absolute atomic E-state index is 12.3. The monoisotopic (exact) mass is 343 g/mol. The highest BCUT2D eigenvalue weighted by Gasteiger charge is 2.10. The van der Waals surface area contributed by atoms with Crippen LogP contribution in [-0.2, 0) is 6.54 Å². The van der Waals surface area contributed by atoms with Crippen molar-refractivity contribution in [2.45, 2.75) is 6.54 Å². The Balaban J connectivity index is 1.64. The molecule has 6 nitrogen and oxygen atoms in total. The van der Waals surface area contributed by atoms with Crippen LogP contribution in [0.25, 0.3) is 0 Å². The van der Waals surface area contributed by atoms with E-state index in [9.17, 15) is 4.79 Å². The molecule has 0 atom stereocenters. The fourth-order valence-corrected chi connectivity index (χ4v) is 2.39. The number of nitriles is 1. The normalized spacial score (nSPS) is 10.0. The number of hydrogen-bond donors (Lipinski definition) is 1. The van der Waals surface area contributed by atoms with E-state index in [0.717, 1.165) is 5.56 Å². The highest BCUT2D eigenvalue weighted by Crippen LogP contribution is 2.13. The van der Waals surface area contributed by atoms with Gasteiger partial charge in [-0.1, -0.05) is 30.3 Å². The standard InChI is InChI=1S/C20H17N5O/c1-25(14-16-5-3-2-4-6-16)20-22-12-17(13-23-20)19(26)24-18-9-7-15(11-21)8-10-18/h2-10,12-13H,14H2,1H3,(H,24,26). The third-order valence-electron chi connectivity index (χ3n) is 3.78. The molecular formula is C20H17N5O. The van der Waals surface area contributed by atoms with E-state index in [2.05, 4.69) is 15.3 Å². The minimum absolute atomic E-state index is 0.299. The SMILES string of the molecule is CN(Cc1ccccc1)c1ncc(C(=O)Nc2ccc(C#N)cc2)cn1. The first kappa shape index (κ1) is 17.1. The van der Waals surface area contributed by atoms with Gasteiger partial charge in [0.2, 0.25) is 5.95 Å². The average molecular weight is 343 g/mol. The van der Waals surface area contributed by atoms with Crippen molar-refractivity contribution in [1.82, 2.24) is 9.97 Å². The minimum atomic E-state index is -0.299. The zero-order valence-electron chi connectivity index (χ0n) is 14.3. The van der Waals surface area contributed by atoms with Crippen LogP contribution in [0.2, 0.25) is 0 Å². The first-order valence-electron chi connectivity index (χ1n) is 8.04. The van der Waals surface area contributed by atoms with Crippen LogP contribution in [0.4, 0.5) is 11.6 Å². The molecule has 1 heterocycles. The second kappa shape index (κ2) is 7.90. The van der Waals surface area contributed by atoms with Gasteiger partial charge in [0.1, 0.15) is 0 Å². The smallest absolute Gasteiger partial charge is 0.258 e. The topological polar surface area (TPSA) is 81.9 Å². The van der Waals surface area contributed by atoms with E-state index >= 15 is 0 Å². The molecule has 0 aliphatic rings. The fraction of sp³-hybridized carbons (Fsp3) is 0.100. The van der Waals surface area contributed by atoms with Crippen LogP contribution in [0, 0.1) is 11.3 Å². The van der Waals surface area contributed by atoms with Gasteiger partial charge in [-0.25, -0.2) is 9.97 Å². The van der Waals surface area contributed by atoms with Gasteiger partial charge in [-0.05, 0) is 29.8 Å². The Bertz CT molecular complexity index is 915. The van der Waals surface area contributed by atoms with E-state index in [1.807, 2.05) is 48.3 Å². The Morgan fingerprint density at radius 3 is 2.35 bits per heavy atom. The van der Waals surface area contributed by atoms with Crippen LogP contribution < -0.4 is 10.2 Å². The number of rotatable bonds is 5. The highest BCUT2D eigenvalue weighted by molar-refractivity contribution is 6.03. The third kappa shape index (κ3) is 4.22. The number of hydrogen-bond acceptors (Lipinski definition) is 5. The first-order valence-corrected chi connectivity index (χ1v) is 8.04. The third-order valence-corrected chi connectivity index (χ3v) is 3.78. The number of carbonyl (C=O) groups is 1. The van der Waals surface area contributed by atoms with Crippen LogP contribution >= 0.6 is 0 Å². The van der Waals surface area contributed by atoms with Crippen molar-refractivity contribution in [1.29, 1.82) is 5.26 Å². The van der Waals surface area contributed by atoms with E-state index < -0.39 is 0 Å². The lowest BCUT2D eigenvalue weighted by molar-refractivity contribution is 0.102. The molecule has 3 rings (SSSR count). The van der Waals surface area contributed by atoms with Crippen LogP contribution in [0.15, 0.2) is 67.0 Å². The zero-order valence-corrected chi connectivity index (χ0v) is 14.3. The van der Waals surface area contributed by atoms with Crippen LogP contribution in [0.5, 0.6) is 0 Å². The van der Waals surface area contributed by atoms with E-state index in [-0.39, 0.29) is 5.91 Å². The van der Waals surface area contributed by atoms with Crippen molar-refractivity contribution in [2.75, 3.05) is 17.3 Å². The molecule has 0 spiro atoms. The minimum Gasteiger partial charge on any atom is -0.340 e. The van der Waals surface area contributed by atoms with Gasteiger partial charge in [0.25, 0.3) is 5.91 Å². The molecule has 0 unspecified atom stereocenters. The van der Waals surface area contributed by atoms with Crippen molar-refractivity contribution >= 4 is 17.5 Å². The lowest BCUT2D eigenvalue weighted by Crippen LogP contribution is -2.20. The molecule has 2 aromatic carbocycles. The molecule has 0 saturated heterocycles. The second-order valence-electron chi connectivity index (χ2n) is 5.76. The predicted molar refractivity (Wildman–Crippen MR) is 99.7 cm³/mol. The van der Waals surface area contributed by atoms with Crippen LogP contribution in [0.3, 0.4) is 0 Å². The summed E-state index contributed by atoms with van der Waals surface area (Å²) in [5, 5.41) is 11.6. The van der Waals surface area contributed by atoms with Gasteiger partial charge in [-0.15, -0.1) is 0 Å². The molecule has 0 aliphatic heterocycles. The summed E-state index contributed by atoms with van der Waals surface area (Å²) in [6.45, 7) is 0.678. The Labute approximate surface area is 151 Å². The summed E-state index contributed by atoms with van der Waals surface area (Å²) in [5.74, 6) is 0.246. The number of carbonyl (C=O) groups excluding carboxylic acids is 1. The molecule has 1 amide bonds. The van der Waals surface area contributed by atoms with E-state index in [4.69, 9.17) is 5.26 Å². The van der Waals surface area contributed by atoms with Crippen LogP contribution in [0.1, 0.15) is 21.5 Å². The second-order valence-corrected chi connectivity index (χ2v) is 5.76. The quantitative estimate of drug-likeness (QED) is 0.769. The maximum atomic E-state index is 12.3. The summed E-state index contributed by atoms with van der Waals surface area (Å²) in [6, 6.07) is 18.7.